The first-order valence-corrected chi connectivity index (χ1v) is 12.5. The molecule has 0 spiro atoms. The molecule has 1 heterocycles. The van der Waals surface area contributed by atoms with Gasteiger partial charge >= 0.3 is 5.97 Å². The Bertz CT molecular complexity index is 1200. The van der Waals surface area contributed by atoms with Crippen LogP contribution in [-0.2, 0) is 19.6 Å². The number of carbonyl (C=O) groups is 1. The summed E-state index contributed by atoms with van der Waals surface area (Å²) in [5.74, 6) is -2.11. The molecule has 0 aliphatic carbocycles. The van der Waals surface area contributed by atoms with Gasteiger partial charge in [-0.3, -0.25) is 4.79 Å². The molecule has 0 bridgehead atoms. The van der Waals surface area contributed by atoms with Crippen molar-refractivity contribution < 1.29 is 37.7 Å². The first kappa shape index (κ1) is 28.1. The largest absolute Gasteiger partial charge is 0.507 e. The third-order valence-corrected chi connectivity index (χ3v) is 6.29. The topological polar surface area (TPSA) is 150 Å². The van der Waals surface area contributed by atoms with Gasteiger partial charge in [0.2, 0.25) is 16.0 Å². The van der Waals surface area contributed by atoms with E-state index in [0.29, 0.717) is 11.3 Å². The number of phenolic OH excluding ortho intramolecular Hbond substituents is 1. The molecule has 0 unspecified atom stereocenters. The molecular formula is C23H30FN3O7S. The van der Waals surface area contributed by atoms with Crippen molar-refractivity contribution in [2.75, 3.05) is 24.7 Å². The zero-order valence-electron chi connectivity index (χ0n) is 20.1. The van der Waals surface area contributed by atoms with E-state index in [2.05, 4.69) is 14.7 Å². The van der Waals surface area contributed by atoms with Crippen molar-refractivity contribution in [1.29, 1.82) is 0 Å². The number of aromatic hydroxyl groups is 1. The molecule has 10 nitrogen and oxygen atoms in total. The third kappa shape index (κ3) is 7.44. The summed E-state index contributed by atoms with van der Waals surface area (Å²) in [4.78, 5) is 20.1. The number of ether oxygens (including phenoxy) is 1. The van der Waals surface area contributed by atoms with Crippen LogP contribution in [0.2, 0.25) is 0 Å². The Labute approximate surface area is 203 Å². The maximum absolute atomic E-state index is 13.6. The molecular weight excluding hydrogens is 481 g/mol. The molecule has 2 aromatic rings. The van der Waals surface area contributed by atoms with Crippen molar-refractivity contribution in [3.8, 4) is 17.0 Å². The molecule has 0 amide bonds. The Morgan fingerprint density at radius 2 is 1.91 bits per heavy atom. The Hall–Kier alpha value is -3.09. The fourth-order valence-electron chi connectivity index (χ4n) is 3.20. The van der Waals surface area contributed by atoms with Gasteiger partial charge in [-0.1, -0.05) is 26.0 Å². The lowest BCUT2D eigenvalue weighted by Gasteiger charge is -2.21. The predicted molar refractivity (Wildman–Crippen MR) is 129 cm³/mol. The molecule has 0 radical (unpaired) electrons. The summed E-state index contributed by atoms with van der Waals surface area (Å²) >= 11 is 0. The van der Waals surface area contributed by atoms with Crippen LogP contribution in [0.4, 0.5) is 10.3 Å². The van der Waals surface area contributed by atoms with E-state index in [-0.39, 0.29) is 36.0 Å². The molecule has 1 aromatic heterocycles. The number of phenols is 1. The van der Waals surface area contributed by atoms with Crippen molar-refractivity contribution in [1.82, 2.24) is 9.97 Å². The van der Waals surface area contributed by atoms with E-state index in [0.717, 1.165) is 22.7 Å². The number of aliphatic hydroxyl groups excluding tert-OH is 2. The van der Waals surface area contributed by atoms with E-state index >= 15 is 0 Å². The van der Waals surface area contributed by atoms with Gasteiger partial charge in [0.1, 0.15) is 11.6 Å². The molecule has 12 heteroatoms. The van der Waals surface area contributed by atoms with Crippen LogP contribution in [0.1, 0.15) is 43.9 Å². The van der Waals surface area contributed by atoms with Crippen LogP contribution in [0, 0.1) is 5.82 Å². The SMILES string of the molecule is COC(=O)C[C@H](O)C[C@H](O)/C=C/c1c(-c2ccc(F)cc2O)nc(N(C)S(C)(=O)=O)nc1C(C)C. The highest BCUT2D eigenvalue weighted by Crippen LogP contribution is 2.36. The van der Waals surface area contributed by atoms with Gasteiger partial charge in [-0.25, -0.2) is 27.1 Å². The number of hydrogen-bond donors (Lipinski definition) is 3. The minimum absolute atomic E-state index is 0.116. The number of nitrogens with zero attached hydrogens (tertiary/aromatic N) is 3. The lowest BCUT2D eigenvalue weighted by Crippen LogP contribution is -2.27. The minimum Gasteiger partial charge on any atom is -0.507 e. The summed E-state index contributed by atoms with van der Waals surface area (Å²) in [6.45, 7) is 3.63. The Morgan fingerprint density at radius 1 is 1.26 bits per heavy atom. The maximum Gasteiger partial charge on any atom is 0.308 e. The van der Waals surface area contributed by atoms with Gasteiger partial charge in [0, 0.05) is 30.7 Å². The molecule has 0 aliphatic rings. The molecule has 0 saturated heterocycles. The first-order chi connectivity index (χ1) is 16.2. The summed E-state index contributed by atoms with van der Waals surface area (Å²) in [5.41, 5.74) is 1.00. The first-order valence-electron chi connectivity index (χ1n) is 10.7. The van der Waals surface area contributed by atoms with Crippen molar-refractivity contribution in [2.45, 2.75) is 44.8 Å². The Morgan fingerprint density at radius 3 is 2.46 bits per heavy atom. The lowest BCUT2D eigenvalue weighted by atomic mass is 9.96. The molecule has 0 saturated carbocycles. The third-order valence-electron chi connectivity index (χ3n) is 5.13. The monoisotopic (exact) mass is 511 g/mol. The van der Waals surface area contributed by atoms with Crippen LogP contribution in [0.5, 0.6) is 5.75 Å². The average molecular weight is 512 g/mol. The fraction of sp³-hybridized carbons (Fsp3) is 0.435. The molecule has 2 rings (SSSR count). The van der Waals surface area contributed by atoms with E-state index < -0.39 is 39.8 Å². The molecule has 2 atom stereocenters. The van der Waals surface area contributed by atoms with E-state index in [4.69, 9.17) is 0 Å². The van der Waals surface area contributed by atoms with Crippen molar-refractivity contribution in [2.24, 2.45) is 0 Å². The molecule has 0 aliphatic heterocycles. The number of aromatic nitrogens is 2. The minimum atomic E-state index is -3.72. The number of carbonyl (C=O) groups excluding carboxylic acids is 1. The van der Waals surface area contributed by atoms with E-state index in [1.54, 1.807) is 0 Å². The second-order valence-corrected chi connectivity index (χ2v) is 10.3. The molecule has 1 aromatic carbocycles. The van der Waals surface area contributed by atoms with Crippen LogP contribution in [-0.4, -0.2) is 72.3 Å². The number of aliphatic hydroxyl groups is 2. The summed E-state index contributed by atoms with van der Waals surface area (Å²) < 4.78 is 43.3. The van der Waals surface area contributed by atoms with E-state index in [1.807, 2.05) is 13.8 Å². The van der Waals surface area contributed by atoms with Crippen LogP contribution in [0.25, 0.3) is 17.3 Å². The highest BCUT2D eigenvalue weighted by Gasteiger charge is 2.24. The maximum atomic E-state index is 13.6. The van der Waals surface area contributed by atoms with Gasteiger partial charge in [0.05, 0.1) is 43.4 Å². The van der Waals surface area contributed by atoms with Gasteiger partial charge in [-0.15, -0.1) is 0 Å². The molecule has 35 heavy (non-hydrogen) atoms. The summed E-state index contributed by atoms with van der Waals surface area (Å²) in [7, 11) is -1.24. The van der Waals surface area contributed by atoms with E-state index in [1.165, 1.54) is 32.4 Å². The number of anilines is 1. The van der Waals surface area contributed by atoms with E-state index in [9.17, 15) is 32.9 Å². The van der Waals surface area contributed by atoms with Crippen molar-refractivity contribution in [3.63, 3.8) is 0 Å². The van der Waals surface area contributed by atoms with Gasteiger partial charge in [0.15, 0.2) is 0 Å². The zero-order chi connectivity index (χ0) is 26.5. The highest BCUT2D eigenvalue weighted by atomic mass is 32.2. The summed E-state index contributed by atoms with van der Waals surface area (Å²) in [6.07, 6.45) is 1.07. The van der Waals surface area contributed by atoms with Crippen molar-refractivity contribution in [3.05, 3.63) is 41.3 Å². The summed E-state index contributed by atoms with van der Waals surface area (Å²) in [6, 6.07) is 3.32. The number of halogens is 1. The van der Waals surface area contributed by atoms with Crippen LogP contribution < -0.4 is 4.31 Å². The van der Waals surface area contributed by atoms with Crippen LogP contribution in [0.15, 0.2) is 24.3 Å². The number of sulfonamides is 1. The predicted octanol–water partition coefficient (Wildman–Crippen LogP) is 2.20. The Balaban J connectivity index is 2.63. The van der Waals surface area contributed by atoms with Crippen molar-refractivity contribution >= 4 is 28.0 Å². The normalized spacial score (nSPS) is 13.7. The number of methoxy groups -OCH3 is 1. The number of benzene rings is 1. The second-order valence-electron chi connectivity index (χ2n) is 8.31. The smallest absolute Gasteiger partial charge is 0.308 e. The average Bonchev–Trinajstić information content (AvgIpc) is 2.75. The number of hydrogen-bond acceptors (Lipinski definition) is 9. The zero-order valence-corrected chi connectivity index (χ0v) is 21.0. The van der Waals surface area contributed by atoms with Crippen LogP contribution in [0.3, 0.4) is 0 Å². The van der Waals surface area contributed by atoms with Crippen LogP contribution >= 0.6 is 0 Å². The molecule has 3 N–H and O–H groups in total. The standard InChI is InChI=1S/C23H30FN3O7S/c1-13(2)21-18(9-7-15(28)11-16(29)12-20(31)34-4)22(17-8-6-14(24)10-19(17)30)26-23(25-21)27(3)35(5,32)33/h6-10,13,15-16,28-30H,11-12H2,1-5H3/b9-7+/t15-,16-/m1/s1. The molecule has 0 fully saturated rings. The highest BCUT2D eigenvalue weighted by molar-refractivity contribution is 7.92. The summed E-state index contributed by atoms with van der Waals surface area (Å²) in [5, 5.41) is 30.8. The van der Waals surface area contributed by atoms with Gasteiger partial charge < -0.3 is 20.1 Å². The van der Waals surface area contributed by atoms with Gasteiger partial charge in [-0.05, 0) is 18.1 Å². The lowest BCUT2D eigenvalue weighted by molar-refractivity contribution is -0.143. The fourth-order valence-corrected chi connectivity index (χ4v) is 3.58. The Kier molecular flexibility index (Phi) is 9.30. The van der Waals surface area contributed by atoms with Gasteiger partial charge in [-0.2, -0.15) is 0 Å². The number of rotatable bonds is 10. The molecule has 192 valence electrons. The quantitative estimate of drug-likeness (QED) is 0.408. The second kappa shape index (κ2) is 11.6. The number of esters is 1. The van der Waals surface area contributed by atoms with Gasteiger partial charge in [0.25, 0.3) is 0 Å².